The molecular weight excluding hydrogens is 627 g/mol. The Labute approximate surface area is 288 Å². The number of benzene rings is 5. The fourth-order valence-corrected chi connectivity index (χ4v) is 7.47. The predicted molar refractivity (Wildman–Crippen MR) is 199 cm³/mol. The van der Waals surface area contributed by atoms with Gasteiger partial charge >= 0.3 is 5.97 Å². The largest absolute Gasteiger partial charge is 0.476 e. The normalized spacial score (nSPS) is 15.0. The van der Waals surface area contributed by atoms with Crippen LogP contribution in [0.5, 0.6) is 0 Å². The van der Waals surface area contributed by atoms with Crippen LogP contribution in [0.4, 0.5) is 17.1 Å². The van der Waals surface area contributed by atoms with Crippen LogP contribution < -0.4 is 9.91 Å². The lowest BCUT2D eigenvalue weighted by atomic mass is 9.95. The van der Waals surface area contributed by atoms with Crippen LogP contribution in [0.15, 0.2) is 150 Å². The van der Waals surface area contributed by atoms with E-state index in [1.807, 2.05) is 24.3 Å². The molecule has 0 unspecified atom stereocenters. The number of carboxylic acids is 1. The Kier molecular flexibility index (Phi) is 7.95. The molecule has 0 radical (unpaired) electrons. The number of hydrogen-bond acceptors (Lipinski definition) is 5. The van der Waals surface area contributed by atoms with E-state index in [-0.39, 0.29) is 11.3 Å². The molecule has 6 aromatic rings. The number of carbonyl (C=O) groups is 2. The van der Waals surface area contributed by atoms with Crippen LogP contribution in [0.1, 0.15) is 16.9 Å². The first-order valence-corrected chi connectivity index (χ1v) is 17.0. The van der Waals surface area contributed by atoms with Gasteiger partial charge in [-0.25, -0.2) is 4.79 Å². The van der Waals surface area contributed by atoms with Crippen molar-refractivity contribution in [1.82, 2.24) is 0 Å². The summed E-state index contributed by atoms with van der Waals surface area (Å²) in [6, 6.07) is 47.4. The SMILES string of the molecule is O=C(O)C1=NN(c2ccccc2)C(=O)C1=Cc1ccc(-c2ccc(-c3ccc4c(c3)CCCN4c3ccc(-c4ccccc4)cc3)cc2)s1. The van der Waals surface area contributed by atoms with E-state index in [0.29, 0.717) is 5.69 Å². The van der Waals surface area contributed by atoms with E-state index >= 15 is 0 Å². The van der Waals surface area contributed by atoms with Gasteiger partial charge in [0.05, 0.1) is 11.3 Å². The van der Waals surface area contributed by atoms with Gasteiger partial charge in [-0.2, -0.15) is 10.1 Å². The Morgan fingerprint density at radius 3 is 2.06 bits per heavy atom. The van der Waals surface area contributed by atoms with E-state index in [2.05, 4.69) is 101 Å². The van der Waals surface area contributed by atoms with Crippen LogP contribution >= 0.6 is 11.3 Å². The van der Waals surface area contributed by atoms with Gasteiger partial charge in [0.2, 0.25) is 0 Å². The van der Waals surface area contributed by atoms with E-state index in [9.17, 15) is 14.7 Å². The zero-order valence-electron chi connectivity index (χ0n) is 26.5. The standard InChI is InChI=1S/C42H31N3O3S/c46-41-37(40(42(47)48)43-45(41)35-11-5-2-6-12-35)27-36-22-24-39(49-36)31-15-13-30(14-16-31)32-19-23-38-33(26-32)10-7-25-44(38)34-20-17-29(18-21-34)28-8-3-1-4-9-28/h1-6,8-9,11-24,26-27H,7,10,25H2,(H,47,48). The number of hydrazone groups is 1. The number of carbonyl (C=O) groups excluding carboxylic acids is 1. The van der Waals surface area contributed by atoms with E-state index in [1.165, 1.54) is 45.0 Å². The summed E-state index contributed by atoms with van der Waals surface area (Å²) < 4.78 is 0. The van der Waals surface area contributed by atoms with E-state index in [0.717, 1.165) is 45.3 Å². The van der Waals surface area contributed by atoms with Crippen molar-refractivity contribution in [2.75, 3.05) is 16.5 Å². The van der Waals surface area contributed by atoms with Gasteiger partial charge in [-0.3, -0.25) is 4.79 Å². The second-order valence-electron chi connectivity index (χ2n) is 12.1. The summed E-state index contributed by atoms with van der Waals surface area (Å²) in [5, 5.41) is 15.0. The van der Waals surface area contributed by atoms with Crippen molar-refractivity contribution in [1.29, 1.82) is 0 Å². The molecule has 0 spiro atoms. The van der Waals surface area contributed by atoms with Crippen LogP contribution in [-0.2, 0) is 16.0 Å². The van der Waals surface area contributed by atoms with Crippen molar-refractivity contribution in [3.8, 4) is 32.7 Å². The molecule has 1 amide bonds. The lowest BCUT2D eigenvalue weighted by molar-refractivity contribution is -0.129. The maximum Gasteiger partial charge on any atom is 0.357 e. The van der Waals surface area contributed by atoms with Crippen LogP contribution in [0, 0.1) is 0 Å². The molecule has 1 aromatic heterocycles. The second-order valence-corrected chi connectivity index (χ2v) is 13.2. The number of carboxylic acid groups (broad SMARTS) is 1. The number of nitrogens with zero attached hydrogens (tertiary/aromatic N) is 3. The van der Waals surface area contributed by atoms with Crippen molar-refractivity contribution in [3.05, 3.63) is 156 Å². The summed E-state index contributed by atoms with van der Waals surface area (Å²) >= 11 is 1.50. The number of aryl methyl sites for hydroxylation is 1. The molecule has 6 nitrogen and oxygen atoms in total. The van der Waals surface area contributed by atoms with Crippen molar-refractivity contribution >= 4 is 52.1 Å². The first-order valence-electron chi connectivity index (χ1n) is 16.2. The average molecular weight is 658 g/mol. The molecule has 2 aliphatic heterocycles. The molecule has 5 aromatic carbocycles. The smallest absolute Gasteiger partial charge is 0.357 e. The predicted octanol–water partition coefficient (Wildman–Crippen LogP) is 9.70. The van der Waals surface area contributed by atoms with Crippen LogP contribution in [0.25, 0.3) is 38.8 Å². The van der Waals surface area contributed by atoms with E-state index in [4.69, 9.17) is 0 Å². The number of para-hydroxylation sites is 1. The van der Waals surface area contributed by atoms with Crippen molar-refractivity contribution in [3.63, 3.8) is 0 Å². The maximum atomic E-state index is 13.2. The Bertz CT molecular complexity index is 2240. The Morgan fingerprint density at radius 2 is 1.33 bits per heavy atom. The Morgan fingerprint density at radius 1 is 0.694 bits per heavy atom. The summed E-state index contributed by atoms with van der Waals surface area (Å²) in [7, 11) is 0. The topological polar surface area (TPSA) is 73.2 Å². The molecule has 0 saturated heterocycles. The van der Waals surface area contributed by atoms with Gasteiger partial charge in [0, 0.05) is 27.7 Å². The van der Waals surface area contributed by atoms with Gasteiger partial charge in [-0.1, -0.05) is 91.0 Å². The number of hydrogen-bond donors (Lipinski definition) is 1. The molecule has 7 heteroatoms. The highest BCUT2D eigenvalue weighted by atomic mass is 32.1. The number of rotatable bonds is 7. The van der Waals surface area contributed by atoms with Gasteiger partial charge in [0.15, 0.2) is 5.71 Å². The molecule has 2 aliphatic rings. The van der Waals surface area contributed by atoms with Crippen LogP contribution in [0.2, 0.25) is 0 Å². The maximum absolute atomic E-state index is 13.2. The first-order chi connectivity index (χ1) is 24.0. The van der Waals surface area contributed by atoms with Crippen LogP contribution in [-0.4, -0.2) is 29.2 Å². The van der Waals surface area contributed by atoms with Gasteiger partial charge in [-0.05, 0) is 101 Å². The minimum Gasteiger partial charge on any atom is -0.476 e. The lowest BCUT2D eigenvalue weighted by Gasteiger charge is -2.32. The minimum atomic E-state index is -1.24. The molecule has 8 rings (SSSR count). The van der Waals surface area contributed by atoms with Crippen molar-refractivity contribution in [2.24, 2.45) is 5.10 Å². The number of fused-ring (bicyclic) bond motifs is 1. The molecule has 0 saturated carbocycles. The highest BCUT2D eigenvalue weighted by molar-refractivity contribution is 7.16. The third kappa shape index (κ3) is 5.96. The highest BCUT2D eigenvalue weighted by Crippen LogP contribution is 2.38. The van der Waals surface area contributed by atoms with Gasteiger partial charge in [-0.15, -0.1) is 11.3 Å². The van der Waals surface area contributed by atoms with Gasteiger partial charge in [0.25, 0.3) is 5.91 Å². The van der Waals surface area contributed by atoms with E-state index < -0.39 is 11.9 Å². The lowest BCUT2D eigenvalue weighted by Crippen LogP contribution is -2.24. The molecule has 49 heavy (non-hydrogen) atoms. The molecule has 1 N–H and O–H groups in total. The Hall–Kier alpha value is -6.05. The molecular formula is C42H31N3O3S. The molecule has 0 fully saturated rings. The fraction of sp³-hybridized carbons (Fsp3) is 0.0714. The van der Waals surface area contributed by atoms with Crippen molar-refractivity contribution in [2.45, 2.75) is 12.8 Å². The third-order valence-electron chi connectivity index (χ3n) is 8.98. The molecule has 238 valence electrons. The molecule has 0 aliphatic carbocycles. The highest BCUT2D eigenvalue weighted by Gasteiger charge is 2.35. The number of aliphatic carboxylic acids is 1. The number of thiophene rings is 1. The number of amides is 1. The number of anilines is 3. The second kappa shape index (κ2) is 12.9. The fourth-order valence-electron chi connectivity index (χ4n) is 6.51. The first kappa shape index (κ1) is 30.3. The summed E-state index contributed by atoms with van der Waals surface area (Å²) in [5.74, 6) is -1.70. The average Bonchev–Trinajstić information content (AvgIpc) is 3.76. The summed E-state index contributed by atoms with van der Waals surface area (Å²) in [4.78, 5) is 29.4. The van der Waals surface area contributed by atoms with Crippen molar-refractivity contribution < 1.29 is 14.7 Å². The van der Waals surface area contributed by atoms with E-state index in [1.54, 1.807) is 30.3 Å². The van der Waals surface area contributed by atoms with Gasteiger partial charge < -0.3 is 10.0 Å². The third-order valence-corrected chi connectivity index (χ3v) is 10.1. The Balaban J connectivity index is 0.998. The molecule has 0 atom stereocenters. The van der Waals surface area contributed by atoms with Gasteiger partial charge in [0.1, 0.15) is 0 Å². The zero-order chi connectivity index (χ0) is 33.3. The summed E-state index contributed by atoms with van der Waals surface area (Å²) in [6.45, 7) is 0.995. The molecule has 3 heterocycles. The van der Waals surface area contributed by atoms with Crippen LogP contribution in [0.3, 0.4) is 0 Å². The monoisotopic (exact) mass is 657 g/mol. The summed E-state index contributed by atoms with van der Waals surface area (Å²) in [5.41, 5.74) is 9.98. The zero-order valence-corrected chi connectivity index (χ0v) is 27.3. The summed E-state index contributed by atoms with van der Waals surface area (Å²) in [6.07, 6.45) is 3.77. The molecule has 0 bridgehead atoms. The minimum absolute atomic E-state index is 0.0651. The quantitative estimate of drug-likeness (QED) is 0.174.